The van der Waals surface area contributed by atoms with Crippen LogP contribution in [0.3, 0.4) is 0 Å². The summed E-state index contributed by atoms with van der Waals surface area (Å²) in [5.41, 5.74) is 6.68. The van der Waals surface area contributed by atoms with E-state index >= 15 is 0 Å². The van der Waals surface area contributed by atoms with Gasteiger partial charge in [-0.05, 0) is 24.6 Å². The number of halogens is 2. The van der Waals surface area contributed by atoms with E-state index in [0.717, 1.165) is 12.2 Å². The van der Waals surface area contributed by atoms with Gasteiger partial charge in [0.05, 0.1) is 23.0 Å². The number of para-hydroxylation sites is 1. The fourth-order valence-electron chi connectivity index (χ4n) is 1.72. The molecule has 2 aromatic carbocycles. The van der Waals surface area contributed by atoms with Gasteiger partial charge < -0.3 is 15.8 Å². The molecule has 0 atom stereocenters. The summed E-state index contributed by atoms with van der Waals surface area (Å²) >= 11 is 5.71. The molecule has 0 radical (unpaired) electrons. The van der Waals surface area contributed by atoms with E-state index in [1.165, 1.54) is 12.1 Å². The normalized spacial score (nSPS) is 10.3. The first-order chi connectivity index (χ1) is 9.66. The molecule has 0 bridgehead atoms. The molecule has 0 aliphatic carbocycles. The minimum absolute atomic E-state index is 0.0576. The minimum Gasteiger partial charge on any atom is -0.494 e. The maximum atomic E-state index is 13.1. The Kier molecular flexibility index (Phi) is 5.07. The van der Waals surface area contributed by atoms with Crippen LogP contribution >= 0.6 is 11.6 Å². The molecule has 0 saturated carbocycles. The Morgan fingerprint density at radius 2 is 1.95 bits per heavy atom. The van der Waals surface area contributed by atoms with Crippen LogP contribution in [0.2, 0.25) is 5.02 Å². The molecular formula is C15H16ClFN2O. The molecule has 0 aromatic heterocycles. The monoisotopic (exact) mass is 294 g/mol. The third-order valence-corrected chi connectivity index (χ3v) is 3.03. The Bertz CT molecular complexity index is 563. The van der Waals surface area contributed by atoms with E-state index in [1.807, 2.05) is 30.3 Å². The Morgan fingerprint density at radius 3 is 2.70 bits per heavy atom. The van der Waals surface area contributed by atoms with E-state index in [4.69, 9.17) is 22.1 Å². The van der Waals surface area contributed by atoms with E-state index in [-0.39, 0.29) is 5.02 Å². The van der Waals surface area contributed by atoms with Crippen LogP contribution in [0.4, 0.5) is 15.8 Å². The van der Waals surface area contributed by atoms with E-state index in [1.54, 1.807) is 0 Å². The highest BCUT2D eigenvalue weighted by atomic mass is 35.5. The zero-order valence-electron chi connectivity index (χ0n) is 10.9. The molecule has 0 fully saturated rings. The number of hydrogen-bond donors (Lipinski definition) is 2. The lowest BCUT2D eigenvalue weighted by atomic mass is 10.2. The summed E-state index contributed by atoms with van der Waals surface area (Å²) in [7, 11) is 0. The van der Waals surface area contributed by atoms with Gasteiger partial charge in [-0.15, -0.1) is 0 Å². The summed E-state index contributed by atoms with van der Waals surface area (Å²) in [4.78, 5) is 0. The zero-order valence-corrected chi connectivity index (χ0v) is 11.7. The van der Waals surface area contributed by atoms with E-state index in [2.05, 4.69) is 5.32 Å². The highest BCUT2D eigenvalue weighted by molar-refractivity contribution is 6.31. The van der Waals surface area contributed by atoms with Gasteiger partial charge in [0.1, 0.15) is 11.6 Å². The Balaban J connectivity index is 1.75. The second-order valence-corrected chi connectivity index (χ2v) is 4.70. The predicted molar refractivity (Wildman–Crippen MR) is 80.9 cm³/mol. The van der Waals surface area contributed by atoms with E-state index in [9.17, 15) is 4.39 Å². The SMILES string of the molecule is Nc1cc(F)c(Cl)cc1NCCCOc1ccccc1. The first-order valence-corrected chi connectivity index (χ1v) is 6.71. The predicted octanol–water partition coefficient (Wildman–Crippen LogP) is 3.94. The first-order valence-electron chi connectivity index (χ1n) is 6.33. The summed E-state index contributed by atoms with van der Waals surface area (Å²) in [6.07, 6.45) is 0.795. The van der Waals surface area contributed by atoms with Crippen LogP contribution in [0.25, 0.3) is 0 Å². The molecule has 2 rings (SSSR count). The molecule has 3 nitrogen and oxygen atoms in total. The molecule has 2 aromatic rings. The maximum Gasteiger partial charge on any atom is 0.143 e. The quantitative estimate of drug-likeness (QED) is 0.626. The van der Waals surface area contributed by atoms with Crippen LogP contribution in [0.15, 0.2) is 42.5 Å². The second kappa shape index (κ2) is 7.01. The fraction of sp³-hybridized carbons (Fsp3) is 0.200. The van der Waals surface area contributed by atoms with Crippen LogP contribution in [0.5, 0.6) is 5.75 Å². The smallest absolute Gasteiger partial charge is 0.143 e. The molecule has 106 valence electrons. The molecule has 0 spiro atoms. The van der Waals surface area contributed by atoms with Crippen molar-refractivity contribution in [3.8, 4) is 5.75 Å². The number of nitrogens with two attached hydrogens (primary N) is 1. The van der Waals surface area contributed by atoms with Crippen LogP contribution in [-0.2, 0) is 0 Å². The lowest BCUT2D eigenvalue weighted by Crippen LogP contribution is -2.09. The van der Waals surface area contributed by atoms with Gasteiger partial charge in [-0.3, -0.25) is 0 Å². The largest absolute Gasteiger partial charge is 0.494 e. The number of ether oxygens (including phenoxy) is 1. The molecule has 5 heteroatoms. The molecule has 0 unspecified atom stereocenters. The second-order valence-electron chi connectivity index (χ2n) is 4.30. The maximum absolute atomic E-state index is 13.1. The topological polar surface area (TPSA) is 47.3 Å². The van der Waals surface area contributed by atoms with Gasteiger partial charge in [0.25, 0.3) is 0 Å². The van der Waals surface area contributed by atoms with Crippen molar-refractivity contribution in [3.05, 3.63) is 53.3 Å². The van der Waals surface area contributed by atoms with Crippen molar-refractivity contribution in [3.63, 3.8) is 0 Å². The standard InChI is InChI=1S/C15H16ClFN2O/c16-12-9-15(14(18)10-13(12)17)19-7-4-8-20-11-5-2-1-3-6-11/h1-3,5-6,9-10,19H,4,7-8,18H2. The molecule has 0 aliphatic rings. The van der Waals surface area contributed by atoms with Gasteiger partial charge >= 0.3 is 0 Å². The lowest BCUT2D eigenvalue weighted by molar-refractivity contribution is 0.315. The average molecular weight is 295 g/mol. The molecule has 0 saturated heterocycles. The van der Waals surface area contributed by atoms with Crippen molar-refractivity contribution in [1.29, 1.82) is 0 Å². The van der Waals surface area contributed by atoms with Gasteiger partial charge in [-0.1, -0.05) is 29.8 Å². The fourth-order valence-corrected chi connectivity index (χ4v) is 1.88. The van der Waals surface area contributed by atoms with Crippen LogP contribution in [0, 0.1) is 5.82 Å². The highest BCUT2D eigenvalue weighted by Crippen LogP contribution is 2.26. The number of hydrogen-bond acceptors (Lipinski definition) is 3. The third-order valence-electron chi connectivity index (χ3n) is 2.74. The number of benzene rings is 2. The van der Waals surface area contributed by atoms with Crippen molar-refractivity contribution in [2.75, 3.05) is 24.2 Å². The summed E-state index contributed by atoms with van der Waals surface area (Å²) in [5, 5.41) is 3.17. The zero-order chi connectivity index (χ0) is 14.4. The number of nitrogens with one attached hydrogen (secondary N) is 1. The van der Waals surface area contributed by atoms with E-state index in [0.29, 0.717) is 24.5 Å². The van der Waals surface area contributed by atoms with Crippen LogP contribution in [-0.4, -0.2) is 13.2 Å². The van der Waals surface area contributed by atoms with Crippen molar-refractivity contribution < 1.29 is 9.13 Å². The van der Waals surface area contributed by atoms with Gasteiger partial charge in [0.2, 0.25) is 0 Å². The van der Waals surface area contributed by atoms with Gasteiger partial charge in [-0.2, -0.15) is 0 Å². The first kappa shape index (κ1) is 14.5. The molecular weight excluding hydrogens is 279 g/mol. The molecule has 0 aliphatic heterocycles. The van der Waals surface area contributed by atoms with Crippen molar-refractivity contribution in [2.24, 2.45) is 0 Å². The Hall–Kier alpha value is -1.94. The number of nitrogen functional groups attached to an aromatic ring is 1. The van der Waals surface area contributed by atoms with Gasteiger partial charge in [0, 0.05) is 12.6 Å². The molecule has 20 heavy (non-hydrogen) atoms. The lowest BCUT2D eigenvalue weighted by Gasteiger charge is -2.11. The van der Waals surface area contributed by atoms with Gasteiger partial charge in [-0.25, -0.2) is 4.39 Å². The van der Waals surface area contributed by atoms with Crippen molar-refractivity contribution in [2.45, 2.75) is 6.42 Å². The summed E-state index contributed by atoms with van der Waals surface area (Å²) in [6.45, 7) is 1.25. The number of anilines is 2. The Labute approximate surface area is 122 Å². The third kappa shape index (κ3) is 4.03. The van der Waals surface area contributed by atoms with Crippen LogP contribution < -0.4 is 15.8 Å². The highest BCUT2D eigenvalue weighted by Gasteiger charge is 2.05. The summed E-state index contributed by atoms with van der Waals surface area (Å²) in [6, 6.07) is 12.3. The molecule has 0 amide bonds. The Morgan fingerprint density at radius 1 is 1.20 bits per heavy atom. The minimum atomic E-state index is -0.512. The molecule has 3 N–H and O–H groups in total. The van der Waals surface area contributed by atoms with E-state index < -0.39 is 5.82 Å². The van der Waals surface area contributed by atoms with Crippen molar-refractivity contribution >= 4 is 23.0 Å². The average Bonchev–Trinajstić information content (AvgIpc) is 2.45. The number of rotatable bonds is 6. The van der Waals surface area contributed by atoms with Crippen molar-refractivity contribution in [1.82, 2.24) is 0 Å². The molecule has 0 heterocycles. The summed E-state index contributed by atoms with van der Waals surface area (Å²) in [5.74, 6) is 0.332. The van der Waals surface area contributed by atoms with Gasteiger partial charge in [0.15, 0.2) is 0 Å². The summed E-state index contributed by atoms with van der Waals surface area (Å²) < 4.78 is 18.7. The van der Waals surface area contributed by atoms with Crippen LogP contribution in [0.1, 0.15) is 6.42 Å².